The summed E-state index contributed by atoms with van der Waals surface area (Å²) in [5, 5.41) is 19.3. The third-order valence-corrected chi connectivity index (χ3v) is 2.44. The van der Waals surface area contributed by atoms with Gasteiger partial charge in [-0.3, -0.25) is 0 Å². The van der Waals surface area contributed by atoms with Crippen molar-refractivity contribution in [3.05, 3.63) is 27.7 Å². The molecule has 1 aromatic carbocycles. The lowest BCUT2D eigenvalue weighted by Gasteiger charge is -2.17. The lowest BCUT2D eigenvalue weighted by molar-refractivity contribution is 0.163. The maximum atomic E-state index is 9.56. The topological polar surface area (TPSA) is 66.5 Å². The maximum Gasteiger partial charge on any atom is 0.139 e. The molecule has 0 spiro atoms. The molecule has 0 aromatic heterocycles. The number of aromatic hydroxyl groups is 1. The van der Waals surface area contributed by atoms with Crippen LogP contribution in [0.15, 0.2) is 12.1 Å². The second kappa shape index (κ2) is 4.36. The van der Waals surface area contributed by atoms with Crippen LogP contribution < -0.4 is 5.73 Å². The molecule has 5 heteroatoms. The fourth-order valence-electron chi connectivity index (χ4n) is 1.10. The fraction of sp³-hybridized carbons (Fsp3) is 0.333. The van der Waals surface area contributed by atoms with Crippen LogP contribution in [0.5, 0.6) is 5.75 Å². The highest BCUT2D eigenvalue weighted by Gasteiger charge is 2.18. The van der Waals surface area contributed by atoms with Crippen molar-refractivity contribution in [1.29, 1.82) is 0 Å². The van der Waals surface area contributed by atoms with Gasteiger partial charge in [0.1, 0.15) is 5.75 Å². The Morgan fingerprint density at radius 1 is 1.36 bits per heavy atom. The van der Waals surface area contributed by atoms with Gasteiger partial charge >= 0.3 is 0 Å². The Balaban J connectivity index is 3.20. The smallest absolute Gasteiger partial charge is 0.139 e. The van der Waals surface area contributed by atoms with Crippen LogP contribution in [0.4, 0.5) is 0 Å². The molecule has 0 aliphatic heterocycles. The highest BCUT2D eigenvalue weighted by Crippen LogP contribution is 2.34. The molecule has 0 bridgehead atoms. The van der Waals surface area contributed by atoms with E-state index in [9.17, 15) is 10.2 Å². The minimum atomic E-state index is -0.782. The molecule has 0 saturated carbocycles. The van der Waals surface area contributed by atoms with Crippen LogP contribution >= 0.6 is 23.2 Å². The van der Waals surface area contributed by atoms with Crippen LogP contribution in [0, 0.1) is 0 Å². The Kier molecular flexibility index (Phi) is 3.61. The van der Waals surface area contributed by atoms with Crippen molar-refractivity contribution in [2.75, 3.05) is 0 Å². The molecule has 0 aliphatic rings. The van der Waals surface area contributed by atoms with Crippen LogP contribution in [0.3, 0.4) is 0 Å². The van der Waals surface area contributed by atoms with Crippen molar-refractivity contribution in [2.45, 2.75) is 19.1 Å². The molecule has 4 N–H and O–H groups in total. The molecule has 14 heavy (non-hydrogen) atoms. The molecule has 0 amide bonds. The number of rotatable bonds is 2. The van der Waals surface area contributed by atoms with Crippen LogP contribution in [0.1, 0.15) is 18.5 Å². The number of aliphatic hydroxyl groups is 1. The summed E-state index contributed by atoms with van der Waals surface area (Å²) in [5.41, 5.74) is 5.99. The van der Waals surface area contributed by atoms with Crippen LogP contribution in [0.25, 0.3) is 0 Å². The zero-order valence-corrected chi connectivity index (χ0v) is 9.05. The minimum absolute atomic E-state index is 0.128. The molecule has 0 saturated heterocycles. The lowest BCUT2D eigenvalue weighted by Crippen LogP contribution is -2.23. The largest absolute Gasteiger partial charge is 0.506 e. The third-order valence-electron chi connectivity index (χ3n) is 1.94. The zero-order chi connectivity index (χ0) is 10.9. The summed E-state index contributed by atoms with van der Waals surface area (Å²) < 4.78 is 0. The molecule has 0 radical (unpaired) electrons. The molecular formula is C9H11Cl2NO2. The van der Waals surface area contributed by atoms with E-state index >= 15 is 0 Å². The number of phenols is 1. The van der Waals surface area contributed by atoms with Gasteiger partial charge in [-0.2, -0.15) is 0 Å². The van der Waals surface area contributed by atoms with E-state index < -0.39 is 12.1 Å². The van der Waals surface area contributed by atoms with E-state index in [1.54, 1.807) is 0 Å². The summed E-state index contributed by atoms with van der Waals surface area (Å²) in [6.07, 6.45) is -0.782. The van der Waals surface area contributed by atoms with Gasteiger partial charge in [0.25, 0.3) is 0 Å². The average Bonchev–Trinajstić information content (AvgIpc) is 2.09. The monoisotopic (exact) mass is 235 g/mol. The summed E-state index contributed by atoms with van der Waals surface area (Å²) in [6.45, 7) is 1.53. The van der Waals surface area contributed by atoms with E-state index in [-0.39, 0.29) is 10.8 Å². The number of benzene rings is 1. The first-order valence-electron chi connectivity index (χ1n) is 4.05. The molecule has 0 heterocycles. The van der Waals surface area contributed by atoms with Crippen LogP contribution in [-0.2, 0) is 0 Å². The summed E-state index contributed by atoms with van der Waals surface area (Å²) in [5.74, 6) is -0.135. The Labute approximate surface area is 92.1 Å². The third kappa shape index (κ3) is 2.30. The normalized spacial score (nSPS) is 15.2. The van der Waals surface area contributed by atoms with Gasteiger partial charge in [-0.1, -0.05) is 23.2 Å². The van der Waals surface area contributed by atoms with Gasteiger partial charge in [0.05, 0.1) is 17.2 Å². The number of aliphatic hydroxyl groups excluding tert-OH is 1. The van der Waals surface area contributed by atoms with Gasteiger partial charge in [-0.15, -0.1) is 0 Å². The molecule has 0 fully saturated rings. The summed E-state index contributed by atoms with van der Waals surface area (Å²) >= 11 is 11.4. The first-order valence-corrected chi connectivity index (χ1v) is 4.80. The van der Waals surface area contributed by atoms with Gasteiger partial charge in [0.2, 0.25) is 0 Å². The van der Waals surface area contributed by atoms with Gasteiger partial charge in [-0.25, -0.2) is 0 Å². The standard InChI is InChI=1S/C9H11Cl2NO2/c1-4(13)8(12)6-2-5(10)3-7(11)9(6)14/h2-4,8,13-14H,12H2,1H3/t4-,8+/m1/s1. The van der Waals surface area contributed by atoms with Crippen molar-refractivity contribution in [2.24, 2.45) is 5.73 Å². The van der Waals surface area contributed by atoms with E-state index in [0.717, 1.165) is 0 Å². The van der Waals surface area contributed by atoms with Gasteiger partial charge < -0.3 is 15.9 Å². The van der Waals surface area contributed by atoms with E-state index in [0.29, 0.717) is 10.6 Å². The number of halogens is 2. The maximum absolute atomic E-state index is 9.56. The number of hydrogen-bond acceptors (Lipinski definition) is 3. The molecule has 3 nitrogen and oxygen atoms in total. The minimum Gasteiger partial charge on any atom is -0.506 e. The fourth-order valence-corrected chi connectivity index (χ4v) is 1.61. The Morgan fingerprint density at radius 2 is 1.93 bits per heavy atom. The second-order valence-electron chi connectivity index (χ2n) is 3.09. The lowest BCUT2D eigenvalue weighted by atomic mass is 10.0. The summed E-state index contributed by atoms with van der Waals surface area (Å²) in [6, 6.07) is 2.20. The molecule has 78 valence electrons. The molecular weight excluding hydrogens is 225 g/mol. The molecule has 1 aromatic rings. The number of nitrogens with two attached hydrogens (primary N) is 1. The quantitative estimate of drug-likeness (QED) is 0.736. The SMILES string of the molecule is C[C@@H](O)[C@H](N)c1cc(Cl)cc(Cl)c1O. The Morgan fingerprint density at radius 3 is 2.43 bits per heavy atom. The van der Waals surface area contributed by atoms with Crippen molar-refractivity contribution in [3.63, 3.8) is 0 Å². The van der Waals surface area contributed by atoms with E-state index in [4.69, 9.17) is 28.9 Å². The van der Waals surface area contributed by atoms with Crippen LogP contribution in [0.2, 0.25) is 10.0 Å². The molecule has 0 aliphatic carbocycles. The Bertz CT molecular complexity index is 342. The highest BCUT2D eigenvalue weighted by molar-refractivity contribution is 6.35. The van der Waals surface area contributed by atoms with Crippen LogP contribution in [-0.4, -0.2) is 16.3 Å². The highest BCUT2D eigenvalue weighted by atomic mass is 35.5. The van der Waals surface area contributed by atoms with E-state index in [2.05, 4.69) is 0 Å². The molecule has 2 atom stereocenters. The van der Waals surface area contributed by atoms with Gasteiger partial charge in [0.15, 0.2) is 0 Å². The van der Waals surface area contributed by atoms with Crippen molar-refractivity contribution < 1.29 is 10.2 Å². The zero-order valence-electron chi connectivity index (χ0n) is 7.54. The number of hydrogen-bond donors (Lipinski definition) is 3. The molecule has 1 rings (SSSR count). The molecule has 0 unspecified atom stereocenters. The number of phenolic OH excluding ortho intramolecular Hbond substituents is 1. The van der Waals surface area contributed by atoms with E-state index in [1.807, 2.05) is 0 Å². The van der Waals surface area contributed by atoms with E-state index in [1.165, 1.54) is 19.1 Å². The van der Waals surface area contributed by atoms with Gasteiger partial charge in [0, 0.05) is 10.6 Å². The predicted molar refractivity (Wildman–Crippen MR) is 56.7 cm³/mol. The van der Waals surface area contributed by atoms with Crippen molar-refractivity contribution in [3.8, 4) is 5.75 Å². The second-order valence-corrected chi connectivity index (χ2v) is 3.94. The van der Waals surface area contributed by atoms with Crippen molar-refractivity contribution >= 4 is 23.2 Å². The van der Waals surface area contributed by atoms with Crippen molar-refractivity contribution in [1.82, 2.24) is 0 Å². The Hall–Kier alpha value is -0.480. The first kappa shape index (κ1) is 11.6. The average molecular weight is 236 g/mol. The summed E-state index contributed by atoms with van der Waals surface area (Å²) in [4.78, 5) is 0. The first-order chi connectivity index (χ1) is 6.43. The van der Waals surface area contributed by atoms with Gasteiger partial charge in [-0.05, 0) is 19.1 Å². The predicted octanol–water partition coefficient (Wildman–Crippen LogP) is 2.08. The summed E-state index contributed by atoms with van der Waals surface area (Å²) in [7, 11) is 0.